The van der Waals surface area contributed by atoms with Gasteiger partial charge in [-0.15, -0.1) is 0 Å². The maximum Gasteiger partial charge on any atom is 0.251 e. The molecule has 1 aliphatic heterocycles. The van der Waals surface area contributed by atoms with Gasteiger partial charge in [0, 0.05) is 24.2 Å². The summed E-state index contributed by atoms with van der Waals surface area (Å²) in [5.74, 6) is 2.19. The van der Waals surface area contributed by atoms with Crippen LogP contribution in [0.1, 0.15) is 41.6 Å². The van der Waals surface area contributed by atoms with E-state index in [2.05, 4.69) is 27.3 Å². The number of nitrogens with zero attached hydrogens (tertiary/aromatic N) is 3. The van der Waals surface area contributed by atoms with Crippen molar-refractivity contribution in [1.29, 1.82) is 0 Å². The van der Waals surface area contributed by atoms with Gasteiger partial charge in [0.1, 0.15) is 5.75 Å². The van der Waals surface area contributed by atoms with E-state index in [-0.39, 0.29) is 12.5 Å². The van der Waals surface area contributed by atoms with E-state index < -0.39 is 0 Å². The van der Waals surface area contributed by atoms with Gasteiger partial charge in [-0.25, -0.2) is 0 Å². The lowest BCUT2D eigenvalue weighted by Crippen LogP contribution is -2.33. The van der Waals surface area contributed by atoms with E-state index in [1.54, 1.807) is 7.11 Å². The number of amides is 1. The zero-order valence-electron chi connectivity index (χ0n) is 18.0. The summed E-state index contributed by atoms with van der Waals surface area (Å²) in [4.78, 5) is 19.3. The molecule has 1 fully saturated rings. The van der Waals surface area contributed by atoms with Crippen molar-refractivity contribution < 1.29 is 14.1 Å². The molecule has 1 amide bonds. The molecule has 1 aliphatic rings. The van der Waals surface area contributed by atoms with Gasteiger partial charge in [-0.3, -0.25) is 9.69 Å². The van der Waals surface area contributed by atoms with Gasteiger partial charge in [0.05, 0.1) is 13.7 Å². The molecule has 7 nitrogen and oxygen atoms in total. The summed E-state index contributed by atoms with van der Waals surface area (Å²) in [5, 5.41) is 6.82. The summed E-state index contributed by atoms with van der Waals surface area (Å²) in [6.07, 6.45) is 2.58. The molecule has 2 heterocycles. The smallest absolute Gasteiger partial charge is 0.251 e. The highest BCUT2D eigenvalue weighted by Crippen LogP contribution is 2.20. The molecule has 0 spiro atoms. The van der Waals surface area contributed by atoms with Gasteiger partial charge < -0.3 is 14.6 Å². The minimum atomic E-state index is -0.164. The lowest BCUT2D eigenvalue weighted by Gasteiger charge is -2.30. The van der Waals surface area contributed by atoms with E-state index in [1.807, 2.05) is 48.5 Å². The Hall–Kier alpha value is -3.19. The van der Waals surface area contributed by atoms with E-state index in [0.717, 1.165) is 36.9 Å². The largest absolute Gasteiger partial charge is 0.497 e. The number of rotatable bonds is 7. The first-order valence-corrected chi connectivity index (χ1v) is 10.7. The Morgan fingerprint density at radius 2 is 1.97 bits per heavy atom. The molecule has 2 aromatic carbocycles. The number of ether oxygens (including phenoxy) is 1. The summed E-state index contributed by atoms with van der Waals surface area (Å²) < 4.78 is 10.4. The van der Waals surface area contributed by atoms with Gasteiger partial charge in [0.2, 0.25) is 11.7 Å². The number of hydrogen-bond donors (Lipinski definition) is 1. The minimum absolute atomic E-state index is 0.164. The molecule has 0 radical (unpaired) electrons. The van der Waals surface area contributed by atoms with E-state index in [0.29, 0.717) is 17.3 Å². The number of benzene rings is 2. The second-order valence-electron chi connectivity index (χ2n) is 8.10. The second kappa shape index (κ2) is 9.75. The molecule has 1 aromatic heterocycles. The van der Waals surface area contributed by atoms with Crippen LogP contribution in [0.15, 0.2) is 53.1 Å². The van der Waals surface area contributed by atoms with Crippen LogP contribution >= 0.6 is 0 Å². The monoisotopic (exact) mass is 420 g/mol. The molecular formula is C24H28N4O3. The summed E-state index contributed by atoms with van der Waals surface area (Å²) >= 11 is 0. The Balaban J connectivity index is 1.30. The van der Waals surface area contributed by atoms with E-state index in [1.165, 1.54) is 18.4 Å². The predicted octanol–water partition coefficient (Wildman–Crippen LogP) is 3.91. The standard InChI is InChI=1S/C24H28N4O3/c1-17-4-3-13-28(15-17)16-18-5-7-20(8-6-18)24(29)25-14-22-26-23(27-31-22)19-9-11-21(30-2)12-10-19/h5-12,17H,3-4,13-16H2,1-2H3,(H,25,29)/t17-/m1/s1. The van der Waals surface area contributed by atoms with Crippen LogP contribution in [0.5, 0.6) is 5.75 Å². The Morgan fingerprint density at radius 1 is 1.19 bits per heavy atom. The lowest BCUT2D eigenvalue weighted by atomic mass is 9.99. The zero-order chi connectivity index (χ0) is 21.6. The first-order valence-electron chi connectivity index (χ1n) is 10.7. The van der Waals surface area contributed by atoms with Crippen LogP contribution < -0.4 is 10.1 Å². The van der Waals surface area contributed by atoms with Crippen molar-refractivity contribution in [2.75, 3.05) is 20.2 Å². The SMILES string of the molecule is COc1ccc(-c2noc(CNC(=O)c3ccc(CN4CCC[C@@H](C)C4)cc3)n2)cc1. The van der Waals surface area contributed by atoms with Crippen molar-refractivity contribution in [1.82, 2.24) is 20.4 Å². The molecule has 1 N–H and O–H groups in total. The lowest BCUT2D eigenvalue weighted by molar-refractivity contribution is 0.0946. The molecule has 1 saturated heterocycles. The molecule has 0 bridgehead atoms. The van der Waals surface area contributed by atoms with E-state index in [4.69, 9.17) is 9.26 Å². The minimum Gasteiger partial charge on any atom is -0.497 e. The average molecular weight is 421 g/mol. The molecular weight excluding hydrogens is 392 g/mol. The highest BCUT2D eigenvalue weighted by atomic mass is 16.5. The fraction of sp³-hybridized carbons (Fsp3) is 0.375. The molecule has 0 unspecified atom stereocenters. The fourth-order valence-electron chi connectivity index (χ4n) is 3.89. The second-order valence-corrected chi connectivity index (χ2v) is 8.10. The number of aromatic nitrogens is 2. The van der Waals surface area contributed by atoms with E-state index >= 15 is 0 Å². The van der Waals surface area contributed by atoms with Crippen LogP contribution in [0, 0.1) is 5.92 Å². The number of piperidine rings is 1. The van der Waals surface area contributed by atoms with Crippen LogP contribution in [-0.4, -0.2) is 41.1 Å². The zero-order valence-corrected chi connectivity index (χ0v) is 18.0. The number of carbonyl (C=O) groups is 1. The van der Waals surface area contributed by atoms with Crippen molar-refractivity contribution in [2.45, 2.75) is 32.9 Å². The van der Waals surface area contributed by atoms with Crippen LogP contribution in [-0.2, 0) is 13.1 Å². The van der Waals surface area contributed by atoms with Gasteiger partial charge in [-0.05, 0) is 67.3 Å². The van der Waals surface area contributed by atoms with Gasteiger partial charge in [-0.2, -0.15) is 4.98 Å². The fourth-order valence-corrected chi connectivity index (χ4v) is 3.89. The van der Waals surface area contributed by atoms with Gasteiger partial charge in [0.15, 0.2) is 0 Å². The number of methoxy groups -OCH3 is 1. The molecule has 0 saturated carbocycles. The Kier molecular flexibility index (Phi) is 6.62. The van der Waals surface area contributed by atoms with Crippen LogP contribution in [0.3, 0.4) is 0 Å². The topological polar surface area (TPSA) is 80.5 Å². The summed E-state index contributed by atoms with van der Waals surface area (Å²) in [6, 6.07) is 15.2. The summed E-state index contributed by atoms with van der Waals surface area (Å²) in [7, 11) is 1.62. The van der Waals surface area contributed by atoms with Crippen LogP contribution in [0.4, 0.5) is 0 Å². The average Bonchev–Trinajstić information content (AvgIpc) is 3.27. The first kappa shape index (κ1) is 21.1. The third-order valence-electron chi connectivity index (χ3n) is 5.58. The molecule has 0 aliphatic carbocycles. The van der Waals surface area contributed by atoms with Gasteiger partial charge >= 0.3 is 0 Å². The van der Waals surface area contributed by atoms with Crippen molar-refractivity contribution >= 4 is 5.91 Å². The Bertz CT molecular complexity index is 998. The highest BCUT2D eigenvalue weighted by Gasteiger charge is 2.16. The summed E-state index contributed by atoms with van der Waals surface area (Å²) in [6.45, 7) is 5.71. The third-order valence-corrected chi connectivity index (χ3v) is 5.58. The van der Waals surface area contributed by atoms with Crippen molar-refractivity contribution in [3.63, 3.8) is 0 Å². The Morgan fingerprint density at radius 3 is 2.68 bits per heavy atom. The van der Waals surface area contributed by atoms with Crippen LogP contribution in [0.2, 0.25) is 0 Å². The maximum atomic E-state index is 12.5. The highest BCUT2D eigenvalue weighted by molar-refractivity contribution is 5.94. The van der Waals surface area contributed by atoms with Crippen molar-refractivity contribution in [3.8, 4) is 17.1 Å². The molecule has 31 heavy (non-hydrogen) atoms. The number of hydrogen-bond acceptors (Lipinski definition) is 6. The molecule has 7 heteroatoms. The maximum absolute atomic E-state index is 12.5. The summed E-state index contributed by atoms with van der Waals surface area (Å²) in [5.41, 5.74) is 2.66. The quantitative estimate of drug-likeness (QED) is 0.624. The first-order chi connectivity index (χ1) is 15.1. The predicted molar refractivity (Wildman–Crippen MR) is 118 cm³/mol. The molecule has 4 rings (SSSR count). The van der Waals surface area contributed by atoms with E-state index in [9.17, 15) is 4.79 Å². The number of nitrogens with one attached hydrogen (secondary N) is 1. The van der Waals surface area contributed by atoms with Crippen molar-refractivity contribution in [2.24, 2.45) is 5.92 Å². The third kappa shape index (κ3) is 5.49. The number of carbonyl (C=O) groups excluding carboxylic acids is 1. The molecule has 162 valence electrons. The van der Waals surface area contributed by atoms with Gasteiger partial charge in [0.25, 0.3) is 5.91 Å². The Labute approximate surface area is 182 Å². The number of likely N-dealkylation sites (tertiary alicyclic amines) is 1. The van der Waals surface area contributed by atoms with Crippen molar-refractivity contribution in [3.05, 3.63) is 65.5 Å². The molecule has 3 aromatic rings. The molecule has 1 atom stereocenters. The normalized spacial score (nSPS) is 16.8. The van der Waals surface area contributed by atoms with Gasteiger partial charge in [-0.1, -0.05) is 24.2 Å². The van der Waals surface area contributed by atoms with Crippen LogP contribution in [0.25, 0.3) is 11.4 Å².